The number of aryl methyl sites for hydroxylation is 1. The van der Waals surface area contributed by atoms with Crippen molar-refractivity contribution in [2.24, 2.45) is 12.8 Å². The Labute approximate surface area is 139 Å². The lowest BCUT2D eigenvalue weighted by molar-refractivity contribution is -0.385. The second-order valence-electron chi connectivity index (χ2n) is 6.14. The number of nitro groups is 1. The van der Waals surface area contributed by atoms with Crippen LogP contribution in [-0.4, -0.2) is 26.8 Å². The topological polar surface area (TPSA) is 94.4 Å². The lowest BCUT2D eigenvalue weighted by Gasteiger charge is -2.25. The first-order valence-corrected chi connectivity index (χ1v) is 7.90. The summed E-state index contributed by atoms with van der Waals surface area (Å²) in [5.41, 5.74) is 7.15. The summed E-state index contributed by atoms with van der Waals surface area (Å²) in [5, 5.41) is 11.4. The van der Waals surface area contributed by atoms with Crippen molar-refractivity contribution < 1.29 is 9.72 Å². The highest BCUT2D eigenvalue weighted by atomic mass is 16.6. The molecule has 1 aromatic heterocycles. The maximum atomic E-state index is 11.4. The number of carbonyl (C=O) groups excluding carboxylic acids is 1. The minimum atomic E-state index is -0.660. The van der Waals surface area contributed by atoms with Gasteiger partial charge in [-0.1, -0.05) is 6.07 Å². The maximum absolute atomic E-state index is 11.4. The normalized spacial score (nSPS) is 18.0. The van der Waals surface area contributed by atoms with E-state index in [-0.39, 0.29) is 17.3 Å². The molecule has 1 fully saturated rings. The van der Waals surface area contributed by atoms with Gasteiger partial charge in [0.15, 0.2) is 0 Å². The number of amides is 1. The van der Waals surface area contributed by atoms with Crippen LogP contribution in [0.3, 0.4) is 0 Å². The number of likely N-dealkylation sites (tertiary alicyclic amines) is 1. The number of hydrogen-bond donors (Lipinski definition) is 1. The molecule has 2 aromatic rings. The van der Waals surface area contributed by atoms with Gasteiger partial charge in [-0.15, -0.1) is 0 Å². The average molecular weight is 328 g/mol. The van der Waals surface area contributed by atoms with Gasteiger partial charge in [0.05, 0.1) is 11.0 Å². The molecule has 7 heteroatoms. The minimum absolute atomic E-state index is 0.0520. The molecule has 7 nitrogen and oxygen atoms in total. The number of rotatable bonds is 5. The van der Waals surface area contributed by atoms with Gasteiger partial charge in [-0.2, -0.15) is 0 Å². The lowest BCUT2D eigenvalue weighted by Crippen LogP contribution is -2.24. The van der Waals surface area contributed by atoms with E-state index < -0.39 is 10.8 Å². The van der Waals surface area contributed by atoms with Crippen molar-refractivity contribution in [2.75, 3.05) is 6.54 Å². The summed E-state index contributed by atoms with van der Waals surface area (Å²) in [6, 6.07) is 8.81. The first-order chi connectivity index (χ1) is 11.5. The van der Waals surface area contributed by atoms with Crippen LogP contribution in [0.4, 0.5) is 5.69 Å². The standard InChI is InChI=1S/C17H20N4O3/c1-19-8-2-4-14(19)15-5-3-9-20(15)11-13-7-6-12(17(18)22)10-16(13)21(23)24/h2,4,6-8,10,15H,3,5,9,11H2,1H3,(H2,18,22)/t15-/m0/s1. The number of aromatic nitrogens is 1. The molecule has 0 saturated carbocycles. The minimum Gasteiger partial charge on any atom is -0.366 e. The smallest absolute Gasteiger partial charge is 0.274 e. The summed E-state index contributed by atoms with van der Waals surface area (Å²) < 4.78 is 2.09. The van der Waals surface area contributed by atoms with Gasteiger partial charge in [-0.25, -0.2) is 0 Å². The molecule has 1 aliphatic heterocycles. The summed E-state index contributed by atoms with van der Waals surface area (Å²) in [5.74, 6) is -0.660. The Balaban J connectivity index is 1.89. The molecular weight excluding hydrogens is 308 g/mol. The fourth-order valence-corrected chi connectivity index (χ4v) is 3.41. The summed E-state index contributed by atoms with van der Waals surface area (Å²) in [6.07, 6.45) is 4.10. The van der Waals surface area contributed by atoms with Crippen LogP contribution < -0.4 is 5.73 Å². The van der Waals surface area contributed by atoms with Crippen molar-refractivity contribution in [1.29, 1.82) is 0 Å². The number of carbonyl (C=O) groups is 1. The third-order valence-corrected chi connectivity index (χ3v) is 4.63. The van der Waals surface area contributed by atoms with E-state index in [0.29, 0.717) is 12.1 Å². The van der Waals surface area contributed by atoms with Crippen LogP contribution in [0, 0.1) is 10.1 Å². The van der Waals surface area contributed by atoms with Gasteiger partial charge >= 0.3 is 0 Å². The van der Waals surface area contributed by atoms with E-state index in [1.165, 1.54) is 11.8 Å². The van der Waals surface area contributed by atoms with Gasteiger partial charge < -0.3 is 10.3 Å². The number of benzene rings is 1. The lowest BCUT2D eigenvalue weighted by atomic mass is 10.1. The first kappa shape index (κ1) is 16.2. The molecule has 0 unspecified atom stereocenters. The number of nitrogens with zero attached hydrogens (tertiary/aromatic N) is 3. The van der Waals surface area contributed by atoms with Gasteiger partial charge in [0.2, 0.25) is 5.91 Å². The molecule has 126 valence electrons. The first-order valence-electron chi connectivity index (χ1n) is 7.90. The van der Waals surface area contributed by atoms with E-state index in [0.717, 1.165) is 19.4 Å². The number of nitro benzene ring substituents is 1. The van der Waals surface area contributed by atoms with E-state index in [9.17, 15) is 14.9 Å². The predicted molar refractivity (Wildman–Crippen MR) is 89.4 cm³/mol. The van der Waals surface area contributed by atoms with Crippen molar-refractivity contribution in [3.8, 4) is 0 Å². The molecule has 1 saturated heterocycles. The molecule has 3 rings (SSSR count). The molecule has 24 heavy (non-hydrogen) atoms. The Kier molecular flexibility index (Phi) is 4.35. The largest absolute Gasteiger partial charge is 0.366 e. The quantitative estimate of drug-likeness (QED) is 0.673. The fraction of sp³-hybridized carbons (Fsp3) is 0.353. The molecule has 2 N–H and O–H groups in total. The molecular formula is C17H20N4O3. The van der Waals surface area contributed by atoms with Crippen molar-refractivity contribution in [3.05, 3.63) is 63.5 Å². The molecule has 1 amide bonds. The monoisotopic (exact) mass is 328 g/mol. The van der Waals surface area contributed by atoms with E-state index in [2.05, 4.69) is 15.5 Å². The Morgan fingerprint density at radius 1 is 1.42 bits per heavy atom. The average Bonchev–Trinajstić information content (AvgIpc) is 3.15. The van der Waals surface area contributed by atoms with E-state index in [1.54, 1.807) is 12.1 Å². The highest BCUT2D eigenvalue weighted by Crippen LogP contribution is 2.34. The van der Waals surface area contributed by atoms with Crippen LogP contribution >= 0.6 is 0 Å². The van der Waals surface area contributed by atoms with Gasteiger partial charge in [0.25, 0.3) is 5.69 Å². The number of nitrogens with two attached hydrogens (primary N) is 1. The third-order valence-electron chi connectivity index (χ3n) is 4.63. The highest BCUT2D eigenvalue weighted by Gasteiger charge is 2.29. The molecule has 0 aliphatic carbocycles. The summed E-state index contributed by atoms with van der Waals surface area (Å²) in [4.78, 5) is 24.4. The molecule has 0 bridgehead atoms. The Morgan fingerprint density at radius 2 is 2.21 bits per heavy atom. The van der Waals surface area contributed by atoms with E-state index >= 15 is 0 Å². The summed E-state index contributed by atoms with van der Waals surface area (Å²) in [6.45, 7) is 1.37. The Morgan fingerprint density at radius 3 is 2.83 bits per heavy atom. The number of hydrogen-bond acceptors (Lipinski definition) is 4. The van der Waals surface area contributed by atoms with Crippen LogP contribution in [0.15, 0.2) is 36.5 Å². The Hall–Kier alpha value is -2.67. The van der Waals surface area contributed by atoms with Crippen LogP contribution in [0.1, 0.15) is 40.5 Å². The van der Waals surface area contributed by atoms with Gasteiger partial charge in [-0.3, -0.25) is 19.8 Å². The zero-order valence-electron chi connectivity index (χ0n) is 13.5. The van der Waals surface area contributed by atoms with Crippen LogP contribution in [-0.2, 0) is 13.6 Å². The fourth-order valence-electron chi connectivity index (χ4n) is 3.41. The van der Waals surface area contributed by atoms with Gasteiger partial charge in [0, 0.05) is 42.7 Å². The predicted octanol–water partition coefficient (Wildman–Crippen LogP) is 2.37. The summed E-state index contributed by atoms with van der Waals surface area (Å²) in [7, 11) is 2.01. The maximum Gasteiger partial charge on any atom is 0.274 e. The van der Waals surface area contributed by atoms with Gasteiger partial charge in [0.1, 0.15) is 0 Å². The van der Waals surface area contributed by atoms with E-state index in [1.807, 2.05) is 19.3 Å². The van der Waals surface area contributed by atoms with Crippen molar-refractivity contribution in [3.63, 3.8) is 0 Å². The third kappa shape index (κ3) is 3.03. The second kappa shape index (κ2) is 6.45. The molecule has 0 radical (unpaired) electrons. The molecule has 1 aliphatic rings. The molecule has 1 atom stereocenters. The highest BCUT2D eigenvalue weighted by molar-refractivity contribution is 5.93. The van der Waals surface area contributed by atoms with Gasteiger partial charge in [-0.05, 0) is 37.6 Å². The second-order valence-corrected chi connectivity index (χ2v) is 6.14. The molecule has 0 spiro atoms. The number of primary amides is 1. The Bertz CT molecular complexity index is 784. The SMILES string of the molecule is Cn1cccc1[C@@H]1CCCN1Cc1ccc(C(N)=O)cc1[N+](=O)[O-]. The van der Waals surface area contributed by atoms with E-state index in [4.69, 9.17) is 5.73 Å². The zero-order valence-corrected chi connectivity index (χ0v) is 13.5. The van der Waals surface area contributed by atoms with Crippen molar-refractivity contribution >= 4 is 11.6 Å². The van der Waals surface area contributed by atoms with Crippen LogP contribution in [0.2, 0.25) is 0 Å². The summed E-state index contributed by atoms with van der Waals surface area (Å²) >= 11 is 0. The van der Waals surface area contributed by atoms with Crippen molar-refractivity contribution in [2.45, 2.75) is 25.4 Å². The van der Waals surface area contributed by atoms with Crippen LogP contribution in [0.5, 0.6) is 0 Å². The molecule has 1 aromatic carbocycles. The van der Waals surface area contributed by atoms with Crippen molar-refractivity contribution in [1.82, 2.24) is 9.47 Å². The zero-order chi connectivity index (χ0) is 17.3. The molecule has 2 heterocycles. The van der Waals surface area contributed by atoms with Crippen LogP contribution in [0.25, 0.3) is 0 Å².